The number of alkyl halides is 6. The number of nitrogens with two attached hydrogens (primary N) is 1. The van der Waals surface area contributed by atoms with E-state index in [-0.39, 0.29) is 43.1 Å². The van der Waals surface area contributed by atoms with E-state index in [1.165, 1.54) is 46.9 Å². The number of halogens is 6. The summed E-state index contributed by atoms with van der Waals surface area (Å²) in [4.78, 5) is 12.9. The van der Waals surface area contributed by atoms with Crippen molar-refractivity contribution in [1.82, 2.24) is 9.97 Å². The topological polar surface area (TPSA) is 74.6 Å². The summed E-state index contributed by atoms with van der Waals surface area (Å²) in [6.07, 6.45) is -5.83. The molecule has 2 saturated heterocycles. The minimum atomic E-state index is -4.35. The van der Waals surface area contributed by atoms with Gasteiger partial charge in [-0.25, -0.2) is 16.5 Å². The van der Waals surface area contributed by atoms with Gasteiger partial charge < -0.3 is 21.5 Å². The van der Waals surface area contributed by atoms with Crippen LogP contribution in [0.3, 0.4) is 0 Å². The summed E-state index contributed by atoms with van der Waals surface area (Å²) in [5.41, 5.74) is 6.40. The van der Waals surface area contributed by atoms with Gasteiger partial charge in [0, 0.05) is 47.1 Å². The third-order valence-electron chi connectivity index (χ3n) is 8.25. The van der Waals surface area contributed by atoms with Crippen LogP contribution in [0.4, 0.5) is 26.3 Å². The average molecular weight is 719 g/mol. The van der Waals surface area contributed by atoms with E-state index in [4.69, 9.17) is 21.8 Å². The summed E-state index contributed by atoms with van der Waals surface area (Å²) in [7, 11) is 0. The molecule has 0 aliphatic carbocycles. The fourth-order valence-electron chi connectivity index (χ4n) is 5.28. The van der Waals surface area contributed by atoms with E-state index >= 15 is 0 Å². The number of thiazole rings is 2. The van der Waals surface area contributed by atoms with Crippen molar-refractivity contribution in [2.24, 2.45) is 5.73 Å². The van der Waals surface area contributed by atoms with Crippen LogP contribution in [0.15, 0.2) is 59.3 Å². The van der Waals surface area contributed by atoms with Crippen molar-refractivity contribution in [2.75, 3.05) is 33.0 Å². The molecule has 48 heavy (non-hydrogen) atoms. The van der Waals surface area contributed by atoms with Crippen molar-refractivity contribution >= 4 is 40.0 Å². The normalized spacial score (nSPS) is 17.1. The van der Waals surface area contributed by atoms with Crippen LogP contribution in [0.25, 0.3) is 27.4 Å². The Bertz CT molecular complexity index is 1650. The van der Waals surface area contributed by atoms with Crippen LogP contribution in [-0.4, -0.2) is 60.3 Å². The second-order valence-electron chi connectivity index (χ2n) is 11.1. The monoisotopic (exact) mass is 718 g/mol. The minimum Gasteiger partial charge on any atom is -1.00 e. The average Bonchev–Trinajstić information content (AvgIpc) is 3.77. The maximum atomic E-state index is 12.6. The predicted molar refractivity (Wildman–Crippen MR) is 175 cm³/mol. The van der Waals surface area contributed by atoms with Crippen molar-refractivity contribution in [1.29, 1.82) is 0 Å². The number of hydrogen-bond donors (Lipinski definition) is 1. The standard InChI is InChI=1S/C16H13F3N2OS.C16H17F3N2OS.Al.Li.4H/c1-20-15(6-8-22-9-7-15)14-21-13(10-23-14)11-2-4-12(5-3-11)16(17,18)19;17-16(18,19)12-3-1-11(2-4-12)13-9-23-14(21-13)15(10-20)5-7-22-8-6-15;;;;;;/h2-5,10H,6-9H2;1-4,9H,5-8,10,20H2;;;;;;/q;;;+1;;;;-1. The van der Waals surface area contributed by atoms with Crippen molar-refractivity contribution in [3.8, 4) is 22.5 Å². The van der Waals surface area contributed by atoms with Gasteiger partial charge in [0.05, 0.1) is 48.6 Å². The van der Waals surface area contributed by atoms with E-state index < -0.39 is 29.0 Å². The van der Waals surface area contributed by atoms with E-state index in [9.17, 15) is 26.3 Å². The van der Waals surface area contributed by atoms with Crippen molar-refractivity contribution in [2.45, 2.75) is 49.0 Å². The van der Waals surface area contributed by atoms with Gasteiger partial charge >= 0.3 is 31.2 Å². The van der Waals surface area contributed by atoms with E-state index in [0.717, 1.165) is 42.1 Å². The zero-order valence-electron chi connectivity index (χ0n) is 26.5. The van der Waals surface area contributed by atoms with Crippen LogP contribution in [0.1, 0.15) is 48.3 Å². The predicted octanol–water partition coefficient (Wildman–Crippen LogP) is 4.52. The van der Waals surface area contributed by atoms with Gasteiger partial charge in [-0.2, -0.15) is 26.3 Å². The summed E-state index contributed by atoms with van der Waals surface area (Å²) < 4.78 is 86.4. The van der Waals surface area contributed by atoms with E-state index in [2.05, 4.69) is 14.8 Å². The second-order valence-corrected chi connectivity index (χ2v) is 12.8. The summed E-state index contributed by atoms with van der Waals surface area (Å²) in [6.45, 7) is 10.4. The van der Waals surface area contributed by atoms with Crippen molar-refractivity contribution in [3.05, 3.63) is 91.9 Å². The Morgan fingerprint density at radius 3 is 1.52 bits per heavy atom. The van der Waals surface area contributed by atoms with Gasteiger partial charge in [0.25, 0.3) is 5.54 Å². The zero-order chi connectivity index (χ0) is 33.0. The summed E-state index contributed by atoms with van der Waals surface area (Å²) in [5.74, 6) is 0. The number of benzene rings is 2. The SMILES string of the molecule is NCC1(c2nc(-c3ccc(C(F)(F)F)cc3)cs2)CCOCC1.[AlH3].[C-]#[N+]C1(c2nc(-c3ccc(C(F)(F)F)cc3)cs2)CCOCC1.[H-].[Li+]. The van der Waals surface area contributed by atoms with Crippen LogP contribution >= 0.6 is 22.7 Å². The molecule has 0 spiro atoms. The molecule has 2 aliphatic rings. The maximum absolute atomic E-state index is 12.6. The van der Waals surface area contributed by atoms with Crippen molar-refractivity contribution < 1.29 is 56.1 Å². The van der Waals surface area contributed by atoms with Gasteiger partial charge in [-0.15, -0.1) is 22.7 Å². The van der Waals surface area contributed by atoms with Crippen LogP contribution < -0.4 is 24.6 Å². The second kappa shape index (κ2) is 16.7. The quantitative estimate of drug-likeness (QED) is 0.187. The molecule has 16 heteroatoms. The number of rotatable bonds is 5. The van der Waals surface area contributed by atoms with Gasteiger partial charge in [-0.1, -0.05) is 24.3 Å². The molecule has 2 aromatic heterocycles. The largest absolute Gasteiger partial charge is 1.00 e. The van der Waals surface area contributed by atoms with E-state index in [1.807, 2.05) is 5.38 Å². The summed E-state index contributed by atoms with van der Waals surface area (Å²) >= 11 is 2.90. The van der Waals surface area contributed by atoms with Crippen molar-refractivity contribution in [3.63, 3.8) is 0 Å². The third-order valence-corrected chi connectivity index (χ3v) is 10.4. The van der Waals surface area contributed by atoms with Gasteiger partial charge in [0.1, 0.15) is 5.01 Å². The first-order chi connectivity index (χ1) is 21.9. The third kappa shape index (κ3) is 9.11. The molecule has 0 atom stereocenters. The Labute approximate surface area is 306 Å². The molecule has 2 fully saturated rings. The van der Waals surface area contributed by atoms with Crippen LogP contribution in [-0.2, 0) is 32.8 Å². The molecule has 2 N–H and O–H groups in total. The molecular formula is C32H34AlF6LiN4O2S2. The molecule has 2 aliphatic heterocycles. The summed E-state index contributed by atoms with van der Waals surface area (Å²) in [5, 5.41) is 5.33. The van der Waals surface area contributed by atoms with Gasteiger partial charge in [0.2, 0.25) is 0 Å². The molecule has 4 aromatic rings. The van der Waals surface area contributed by atoms with E-state index in [0.29, 0.717) is 73.3 Å². The smallest absolute Gasteiger partial charge is 1.00 e. The van der Waals surface area contributed by atoms with Gasteiger partial charge in [0.15, 0.2) is 22.4 Å². The molecular weight excluding hydrogens is 684 g/mol. The first kappa shape index (κ1) is 40.2. The number of nitrogens with zero attached hydrogens (tertiary/aromatic N) is 3. The molecule has 0 bridgehead atoms. The molecule has 6 rings (SSSR count). The first-order valence-corrected chi connectivity index (χ1v) is 16.2. The fourth-order valence-corrected chi connectivity index (χ4v) is 7.41. The Balaban J connectivity index is 0.000000321. The molecule has 0 amide bonds. The van der Waals surface area contributed by atoms with Crippen LogP contribution in [0.5, 0.6) is 0 Å². The number of ether oxygens (including phenoxy) is 2. The minimum absolute atomic E-state index is 0. The maximum Gasteiger partial charge on any atom is 1.00 e. The molecule has 0 radical (unpaired) electrons. The molecule has 0 unspecified atom stereocenters. The number of hydrogen-bond acceptors (Lipinski definition) is 7. The molecule has 2 aromatic carbocycles. The van der Waals surface area contributed by atoms with Crippen LogP contribution in [0.2, 0.25) is 0 Å². The fraction of sp³-hybridized carbons (Fsp3) is 0.406. The first-order valence-electron chi connectivity index (χ1n) is 14.4. The summed E-state index contributed by atoms with van der Waals surface area (Å²) in [6, 6.07) is 10.0. The van der Waals surface area contributed by atoms with Gasteiger partial charge in [-0.05, 0) is 37.1 Å². The molecule has 0 saturated carbocycles. The number of aromatic nitrogens is 2. The Morgan fingerprint density at radius 1 is 0.729 bits per heavy atom. The zero-order valence-corrected chi connectivity index (χ0v) is 27.1. The Hall–Kier alpha value is -2.22. The molecule has 252 valence electrons. The Kier molecular flexibility index (Phi) is 14.0. The molecule has 6 nitrogen and oxygen atoms in total. The van der Waals surface area contributed by atoms with E-state index in [1.54, 1.807) is 5.38 Å². The van der Waals surface area contributed by atoms with Crippen LogP contribution in [0, 0.1) is 6.57 Å². The molecule has 4 heterocycles. The Morgan fingerprint density at radius 2 is 1.12 bits per heavy atom. The van der Waals surface area contributed by atoms with Gasteiger partial charge in [-0.3, -0.25) is 0 Å².